The van der Waals surface area contributed by atoms with Crippen molar-refractivity contribution in [2.75, 3.05) is 14.2 Å². The third-order valence-electron chi connectivity index (χ3n) is 4.64. The molecule has 1 saturated carbocycles. The maximum Gasteiger partial charge on any atom is 0.323 e. The van der Waals surface area contributed by atoms with E-state index >= 15 is 0 Å². The zero-order valence-electron chi connectivity index (χ0n) is 12.2. The van der Waals surface area contributed by atoms with Crippen LogP contribution in [-0.4, -0.2) is 26.2 Å². The molecule has 0 radical (unpaired) electrons. The quantitative estimate of drug-likeness (QED) is 0.618. The van der Waals surface area contributed by atoms with Gasteiger partial charge in [-0.1, -0.05) is 35.9 Å². The van der Waals surface area contributed by atoms with E-state index in [9.17, 15) is 9.59 Å². The first-order valence-electron chi connectivity index (χ1n) is 7.06. The lowest BCUT2D eigenvalue weighted by Gasteiger charge is -2.23. The van der Waals surface area contributed by atoms with E-state index in [0.29, 0.717) is 12.8 Å². The van der Waals surface area contributed by atoms with Crippen molar-refractivity contribution in [2.24, 2.45) is 11.3 Å². The van der Waals surface area contributed by atoms with Crippen molar-refractivity contribution in [3.05, 3.63) is 41.0 Å². The van der Waals surface area contributed by atoms with Gasteiger partial charge in [0.1, 0.15) is 0 Å². The number of esters is 2. The summed E-state index contributed by atoms with van der Waals surface area (Å²) >= 11 is 0. The van der Waals surface area contributed by atoms with Gasteiger partial charge in [0.25, 0.3) is 0 Å². The number of rotatable bonds is 2. The minimum absolute atomic E-state index is 0.207. The van der Waals surface area contributed by atoms with Crippen LogP contribution in [0.2, 0.25) is 0 Å². The molecule has 110 valence electrons. The van der Waals surface area contributed by atoms with Crippen LogP contribution < -0.4 is 0 Å². The molecule has 0 aliphatic heterocycles. The number of methoxy groups -OCH3 is 2. The second-order valence-electron chi connectivity index (χ2n) is 5.77. The number of benzene rings is 1. The molecule has 1 aromatic carbocycles. The molecule has 4 nitrogen and oxygen atoms in total. The fourth-order valence-electron chi connectivity index (χ4n) is 3.60. The average Bonchev–Trinajstić information content (AvgIpc) is 2.90. The van der Waals surface area contributed by atoms with Crippen molar-refractivity contribution in [3.63, 3.8) is 0 Å². The number of carbonyl (C=O) groups is 2. The lowest BCUT2D eigenvalue weighted by Crippen LogP contribution is -2.39. The zero-order valence-corrected chi connectivity index (χ0v) is 12.2. The number of hydrogen-bond acceptors (Lipinski definition) is 4. The largest absolute Gasteiger partial charge is 0.468 e. The summed E-state index contributed by atoms with van der Waals surface area (Å²) in [5.41, 5.74) is 2.40. The van der Waals surface area contributed by atoms with Crippen LogP contribution in [-0.2, 0) is 25.5 Å². The summed E-state index contributed by atoms with van der Waals surface area (Å²) in [7, 11) is 2.64. The smallest absolute Gasteiger partial charge is 0.323 e. The van der Waals surface area contributed by atoms with Gasteiger partial charge in [-0.3, -0.25) is 9.59 Å². The second-order valence-corrected chi connectivity index (χ2v) is 5.77. The van der Waals surface area contributed by atoms with Crippen molar-refractivity contribution < 1.29 is 19.1 Å². The van der Waals surface area contributed by atoms with Crippen LogP contribution >= 0.6 is 0 Å². The van der Waals surface area contributed by atoms with Gasteiger partial charge < -0.3 is 9.47 Å². The summed E-state index contributed by atoms with van der Waals surface area (Å²) in [5.74, 6) is -0.777. The Morgan fingerprint density at radius 3 is 2.48 bits per heavy atom. The average molecular weight is 286 g/mol. The summed E-state index contributed by atoms with van der Waals surface area (Å²) < 4.78 is 9.75. The Balaban J connectivity index is 1.98. The normalized spacial score (nSPS) is 21.8. The highest BCUT2D eigenvalue weighted by Crippen LogP contribution is 2.50. The molecule has 0 saturated heterocycles. The molecular weight excluding hydrogens is 268 g/mol. The van der Waals surface area contributed by atoms with Gasteiger partial charge in [0.15, 0.2) is 5.41 Å². The van der Waals surface area contributed by atoms with Gasteiger partial charge in [0, 0.05) is 0 Å². The van der Waals surface area contributed by atoms with Crippen molar-refractivity contribution in [3.8, 4) is 0 Å². The van der Waals surface area contributed by atoms with E-state index in [-0.39, 0.29) is 5.92 Å². The summed E-state index contributed by atoms with van der Waals surface area (Å²) in [4.78, 5) is 24.4. The van der Waals surface area contributed by atoms with E-state index in [1.165, 1.54) is 25.3 Å². The van der Waals surface area contributed by atoms with Crippen LogP contribution in [0.3, 0.4) is 0 Å². The van der Waals surface area contributed by atoms with Crippen LogP contribution in [0.4, 0.5) is 0 Å². The molecule has 0 bridgehead atoms. The number of allylic oxidation sites excluding steroid dienone is 1. The Hall–Kier alpha value is -2.10. The molecule has 1 fully saturated rings. The molecule has 1 atom stereocenters. The van der Waals surface area contributed by atoms with Gasteiger partial charge in [-0.05, 0) is 36.3 Å². The monoisotopic (exact) mass is 286 g/mol. The minimum Gasteiger partial charge on any atom is -0.468 e. The highest BCUT2D eigenvalue weighted by Gasteiger charge is 2.55. The third-order valence-corrected chi connectivity index (χ3v) is 4.64. The van der Waals surface area contributed by atoms with Crippen LogP contribution in [0.25, 0.3) is 6.08 Å². The summed E-state index contributed by atoms with van der Waals surface area (Å²) in [6.07, 6.45) is 3.83. The highest BCUT2D eigenvalue weighted by molar-refractivity contribution is 6.01. The van der Waals surface area contributed by atoms with Gasteiger partial charge in [-0.2, -0.15) is 0 Å². The van der Waals surface area contributed by atoms with Crippen molar-refractivity contribution >= 4 is 18.0 Å². The predicted octanol–water partition coefficient (Wildman–Crippen LogP) is 2.37. The van der Waals surface area contributed by atoms with E-state index in [4.69, 9.17) is 9.47 Å². The van der Waals surface area contributed by atoms with Crippen LogP contribution in [0.5, 0.6) is 0 Å². The fraction of sp³-hybridized carbons (Fsp3) is 0.412. The maximum atomic E-state index is 12.2. The zero-order chi connectivity index (χ0) is 15.0. The SMILES string of the molecule is COC(=O)C1(C(=O)OC)CC2=Cc3ccccc3C[C@@H]2C1. The molecule has 3 rings (SSSR count). The van der Waals surface area contributed by atoms with Crippen LogP contribution in [0.15, 0.2) is 29.8 Å². The van der Waals surface area contributed by atoms with E-state index in [1.807, 2.05) is 12.1 Å². The molecule has 2 aliphatic rings. The first-order chi connectivity index (χ1) is 10.1. The lowest BCUT2D eigenvalue weighted by atomic mass is 9.83. The molecule has 0 unspecified atom stereocenters. The minimum atomic E-state index is -1.18. The standard InChI is InChI=1S/C17H18O4/c1-20-15(18)17(16(19)21-2)9-13-7-11-5-3-4-6-12(11)8-14(13)10-17/h3-7,14H,8-10H2,1-2H3/t14-/m1/s1. The Labute approximate surface area is 123 Å². The molecule has 1 aromatic rings. The number of hydrogen-bond donors (Lipinski definition) is 0. The maximum absolute atomic E-state index is 12.2. The van der Waals surface area contributed by atoms with E-state index in [0.717, 1.165) is 12.0 Å². The van der Waals surface area contributed by atoms with E-state index in [2.05, 4.69) is 18.2 Å². The molecule has 0 N–H and O–H groups in total. The first-order valence-corrected chi connectivity index (χ1v) is 7.06. The lowest BCUT2D eigenvalue weighted by molar-refractivity contribution is -0.168. The van der Waals surface area contributed by atoms with Crippen LogP contribution in [0, 0.1) is 11.3 Å². The number of fused-ring (bicyclic) bond motifs is 2. The van der Waals surface area contributed by atoms with Crippen molar-refractivity contribution in [1.29, 1.82) is 0 Å². The molecule has 0 heterocycles. The molecular formula is C17H18O4. The van der Waals surface area contributed by atoms with Gasteiger partial charge in [-0.15, -0.1) is 0 Å². The van der Waals surface area contributed by atoms with E-state index < -0.39 is 17.4 Å². The number of ether oxygens (including phenoxy) is 2. The Kier molecular flexibility index (Phi) is 3.32. The fourth-order valence-corrected chi connectivity index (χ4v) is 3.60. The summed E-state index contributed by atoms with van der Waals surface area (Å²) in [6, 6.07) is 8.17. The topological polar surface area (TPSA) is 52.6 Å². The molecule has 0 aromatic heterocycles. The molecule has 21 heavy (non-hydrogen) atoms. The highest BCUT2D eigenvalue weighted by atomic mass is 16.5. The van der Waals surface area contributed by atoms with E-state index in [1.54, 1.807) is 0 Å². The Morgan fingerprint density at radius 2 is 1.81 bits per heavy atom. The van der Waals surface area contributed by atoms with Gasteiger partial charge >= 0.3 is 11.9 Å². The third kappa shape index (κ3) is 2.06. The summed E-state index contributed by atoms with van der Waals surface area (Å²) in [6.45, 7) is 0. The molecule has 4 heteroatoms. The van der Waals surface area contributed by atoms with Crippen LogP contribution in [0.1, 0.15) is 24.0 Å². The Bertz CT molecular complexity index is 613. The van der Waals surface area contributed by atoms with Gasteiger partial charge in [-0.25, -0.2) is 0 Å². The van der Waals surface area contributed by atoms with Gasteiger partial charge in [0.2, 0.25) is 0 Å². The molecule has 0 spiro atoms. The molecule has 2 aliphatic carbocycles. The van der Waals surface area contributed by atoms with Gasteiger partial charge in [0.05, 0.1) is 14.2 Å². The molecule has 0 amide bonds. The Morgan fingerprint density at radius 1 is 1.14 bits per heavy atom. The summed E-state index contributed by atoms with van der Waals surface area (Å²) in [5, 5.41) is 0. The number of carbonyl (C=O) groups excluding carboxylic acids is 2. The second kappa shape index (κ2) is 5.02. The van der Waals surface area contributed by atoms with Crippen molar-refractivity contribution in [2.45, 2.75) is 19.3 Å². The predicted molar refractivity (Wildman–Crippen MR) is 77.3 cm³/mol. The van der Waals surface area contributed by atoms with Crippen molar-refractivity contribution in [1.82, 2.24) is 0 Å². The first kappa shape index (κ1) is 13.9.